The normalized spacial score (nSPS) is 14.1. The molecular formula is C20H21BrN6O. The Kier molecular flexibility index (Phi) is 5.38. The van der Waals surface area contributed by atoms with Gasteiger partial charge in [0.05, 0.1) is 17.0 Å². The highest BCUT2D eigenvalue weighted by Crippen LogP contribution is 2.23. The largest absolute Gasteiger partial charge is 0.340 e. The van der Waals surface area contributed by atoms with Crippen LogP contribution < -0.4 is 10.2 Å². The van der Waals surface area contributed by atoms with Crippen molar-refractivity contribution in [1.29, 1.82) is 0 Å². The van der Waals surface area contributed by atoms with Crippen molar-refractivity contribution in [3.05, 3.63) is 52.1 Å². The molecule has 0 aliphatic carbocycles. The van der Waals surface area contributed by atoms with Crippen LogP contribution in [0.2, 0.25) is 0 Å². The molecule has 1 saturated heterocycles. The first-order valence-electron chi connectivity index (χ1n) is 9.32. The average Bonchev–Trinajstić information content (AvgIpc) is 3.17. The summed E-state index contributed by atoms with van der Waals surface area (Å²) in [7, 11) is 0. The SMILES string of the molecule is Cc1nc(-c2cccc(Br)c2)ccc1C(=O)Nc1nc(N2CCCCC2)n[nH]1. The van der Waals surface area contributed by atoms with E-state index in [-0.39, 0.29) is 5.91 Å². The number of nitrogens with one attached hydrogen (secondary N) is 2. The molecule has 0 radical (unpaired) electrons. The average molecular weight is 441 g/mol. The quantitative estimate of drug-likeness (QED) is 0.635. The Bertz CT molecular complexity index is 996. The monoisotopic (exact) mass is 440 g/mol. The highest BCUT2D eigenvalue weighted by Gasteiger charge is 2.17. The fourth-order valence-corrected chi connectivity index (χ4v) is 3.73. The van der Waals surface area contributed by atoms with Crippen LogP contribution in [0, 0.1) is 6.92 Å². The number of aryl methyl sites for hydroxylation is 1. The summed E-state index contributed by atoms with van der Waals surface area (Å²) in [6.07, 6.45) is 3.53. The molecule has 0 spiro atoms. The van der Waals surface area contributed by atoms with Gasteiger partial charge in [-0.15, -0.1) is 5.10 Å². The fraction of sp³-hybridized carbons (Fsp3) is 0.300. The van der Waals surface area contributed by atoms with E-state index in [1.807, 2.05) is 37.3 Å². The molecule has 0 unspecified atom stereocenters. The molecule has 1 amide bonds. The van der Waals surface area contributed by atoms with E-state index < -0.39 is 0 Å². The number of carbonyl (C=O) groups is 1. The highest BCUT2D eigenvalue weighted by atomic mass is 79.9. The van der Waals surface area contributed by atoms with E-state index in [1.54, 1.807) is 6.07 Å². The summed E-state index contributed by atoms with van der Waals surface area (Å²) in [4.78, 5) is 23.8. The van der Waals surface area contributed by atoms with Crippen molar-refractivity contribution in [3.8, 4) is 11.3 Å². The number of rotatable bonds is 4. The lowest BCUT2D eigenvalue weighted by atomic mass is 10.1. The van der Waals surface area contributed by atoms with Gasteiger partial charge in [0.25, 0.3) is 5.91 Å². The second-order valence-corrected chi connectivity index (χ2v) is 7.74. The molecule has 0 atom stereocenters. The van der Waals surface area contributed by atoms with Crippen LogP contribution in [0.15, 0.2) is 40.9 Å². The number of carbonyl (C=O) groups excluding carboxylic acids is 1. The summed E-state index contributed by atoms with van der Waals surface area (Å²) in [6, 6.07) is 11.6. The summed E-state index contributed by atoms with van der Waals surface area (Å²) in [5.41, 5.74) is 2.98. The van der Waals surface area contributed by atoms with Crippen LogP contribution >= 0.6 is 15.9 Å². The Labute approximate surface area is 171 Å². The molecule has 3 heterocycles. The lowest BCUT2D eigenvalue weighted by Gasteiger charge is -2.24. The number of aromatic amines is 1. The summed E-state index contributed by atoms with van der Waals surface area (Å²) < 4.78 is 0.987. The molecule has 1 aromatic carbocycles. The molecule has 4 rings (SSSR count). The van der Waals surface area contributed by atoms with Gasteiger partial charge in [-0.2, -0.15) is 4.98 Å². The Morgan fingerprint density at radius 1 is 1.14 bits per heavy atom. The van der Waals surface area contributed by atoms with Crippen LogP contribution in [0.4, 0.5) is 11.9 Å². The molecule has 3 aromatic rings. The first kappa shape index (κ1) is 18.6. The minimum atomic E-state index is -0.257. The maximum atomic E-state index is 12.7. The molecule has 0 saturated carbocycles. The number of amides is 1. The standard InChI is InChI=1S/C20H21BrN6O/c1-13-16(8-9-17(22-13)14-6-5-7-15(21)12-14)18(28)23-19-24-20(26-25-19)27-10-3-2-4-11-27/h5-9,12H,2-4,10-11H2,1H3,(H2,23,24,25,26,28). The van der Waals surface area contributed by atoms with Crippen LogP contribution in [0.25, 0.3) is 11.3 Å². The van der Waals surface area contributed by atoms with Crippen LogP contribution in [-0.4, -0.2) is 39.2 Å². The number of pyridine rings is 1. The summed E-state index contributed by atoms with van der Waals surface area (Å²) in [5, 5.41) is 9.82. The third-order valence-electron chi connectivity index (χ3n) is 4.80. The minimum absolute atomic E-state index is 0.257. The molecule has 1 aliphatic heterocycles. The number of piperidine rings is 1. The maximum Gasteiger partial charge on any atom is 0.259 e. The van der Waals surface area contributed by atoms with Crippen molar-refractivity contribution < 1.29 is 4.79 Å². The first-order chi connectivity index (χ1) is 13.6. The molecular weight excluding hydrogens is 420 g/mol. The summed E-state index contributed by atoms with van der Waals surface area (Å²) >= 11 is 3.47. The van der Waals surface area contributed by atoms with Gasteiger partial charge in [-0.05, 0) is 50.5 Å². The molecule has 7 nitrogen and oxygen atoms in total. The number of nitrogens with zero attached hydrogens (tertiary/aromatic N) is 4. The zero-order chi connectivity index (χ0) is 19.5. The van der Waals surface area contributed by atoms with E-state index in [0.29, 0.717) is 23.2 Å². The predicted octanol–water partition coefficient (Wildman–Crippen LogP) is 4.18. The van der Waals surface area contributed by atoms with Crippen molar-refractivity contribution in [2.24, 2.45) is 0 Å². The van der Waals surface area contributed by atoms with Crippen LogP contribution in [0.5, 0.6) is 0 Å². The molecule has 1 aliphatic rings. The lowest BCUT2D eigenvalue weighted by Crippen LogP contribution is -2.30. The van der Waals surface area contributed by atoms with Crippen molar-refractivity contribution in [3.63, 3.8) is 0 Å². The molecule has 144 valence electrons. The number of aromatic nitrogens is 4. The van der Waals surface area contributed by atoms with E-state index >= 15 is 0 Å². The molecule has 1 fully saturated rings. The van der Waals surface area contributed by atoms with Gasteiger partial charge < -0.3 is 4.90 Å². The van der Waals surface area contributed by atoms with Crippen LogP contribution in [-0.2, 0) is 0 Å². The van der Waals surface area contributed by atoms with Crippen LogP contribution in [0.3, 0.4) is 0 Å². The Hall–Kier alpha value is -2.74. The zero-order valence-corrected chi connectivity index (χ0v) is 17.2. The molecule has 8 heteroatoms. The number of benzene rings is 1. The van der Waals surface area contributed by atoms with E-state index in [9.17, 15) is 4.79 Å². The molecule has 0 bridgehead atoms. The smallest absolute Gasteiger partial charge is 0.259 e. The van der Waals surface area contributed by atoms with Gasteiger partial charge in [-0.3, -0.25) is 15.1 Å². The number of H-pyrrole nitrogens is 1. The van der Waals surface area contributed by atoms with E-state index in [2.05, 4.69) is 46.3 Å². The minimum Gasteiger partial charge on any atom is -0.340 e. The van der Waals surface area contributed by atoms with Gasteiger partial charge in [0, 0.05) is 23.1 Å². The molecule has 2 N–H and O–H groups in total. The van der Waals surface area contributed by atoms with Gasteiger partial charge in [0.15, 0.2) is 0 Å². The number of hydrogen-bond donors (Lipinski definition) is 2. The number of hydrogen-bond acceptors (Lipinski definition) is 5. The third kappa shape index (κ3) is 4.06. The lowest BCUT2D eigenvalue weighted by molar-refractivity contribution is 0.102. The molecule has 2 aromatic heterocycles. The summed E-state index contributed by atoms with van der Waals surface area (Å²) in [6.45, 7) is 3.73. The van der Waals surface area contributed by atoms with Crippen molar-refractivity contribution >= 4 is 33.7 Å². The Morgan fingerprint density at radius 2 is 1.96 bits per heavy atom. The van der Waals surface area contributed by atoms with Crippen molar-refractivity contribution in [2.75, 3.05) is 23.3 Å². The van der Waals surface area contributed by atoms with E-state index in [1.165, 1.54) is 6.42 Å². The Morgan fingerprint density at radius 3 is 2.71 bits per heavy atom. The maximum absolute atomic E-state index is 12.7. The van der Waals surface area contributed by atoms with Gasteiger partial charge >= 0.3 is 0 Å². The van der Waals surface area contributed by atoms with E-state index in [4.69, 9.17) is 0 Å². The topological polar surface area (TPSA) is 86.8 Å². The first-order valence-corrected chi connectivity index (χ1v) is 10.1. The second-order valence-electron chi connectivity index (χ2n) is 6.83. The third-order valence-corrected chi connectivity index (χ3v) is 5.29. The molecule has 28 heavy (non-hydrogen) atoms. The van der Waals surface area contributed by atoms with Gasteiger partial charge in [-0.25, -0.2) is 5.10 Å². The van der Waals surface area contributed by atoms with Crippen molar-refractivity contribution in [1.82, 2.24) is 20.2 Å². The zero-order valence-electron chi connectivity index (χ0n) is 15.6. The van der Waals surface area contributed by atoms with Gasteiger partial charge in [0.2, 0.25) is 11.9 Å². The fourth-order valence-electron chi connectivity index (χ4n) is 3.33. The summed E-state index contributed by atoms with van der Waals surface area (Å²) in [5.74, 6) is 0.725. The number of halogens is 1. The van der Waals surface area contributed by atoms with E-state index in [0.717, 1.165) is 41.7 Å². The van der Waals surface area contributed by atoms with Crippen LogP contribution in [0.1, 0.15) is 35.3 Å². The van der Waals surface area contributed by atoms with Crippen molar-refractivity contribution in [2.45, 2.75) is 26.2 Å². The Balaban J connectivity index is 1.48. The number of anilines is 2. The predicted molar refractivity (Wildman–Crippen MR) is 113 cm³/mol. The highest BCUT2D eigenvalue weighted by molar-refractivity contribution is 9.10. The van der Waals surface area contributed by atoms with Gasteiger partial charge in [-0.1, -0.05) is 28.1 Å². The van der Waals surface area contributed by atoms with Gasteiger partial charge in [0.1, 0.15) is 0 Å². The second kappa shape index (κ2) is 8.10.